The fourth-order valence-corrected chi connectivity index (χ4v) is 3.07. The van der Waals surface area contributed by atoms with Crippen LogP contribution in [-0.2, 0) is 4.79 Å². The third kappa shape index (κ3) is 3.89. The number of benzene rings is 1. The molecule has 2 heterocycles. The molecule has 1 fully saturated rings. The Morgan fingerprint density at radius 3 is 2.30 bits per heavy atom. The first-order chi connectivity index (χ1) is 12.9. The lowest BCUT2D eigenvalue weighted by molar-refractivity contribution is -0.126. The van der Waals surface area contributed by atoms with Crippen LogP contribution >= 0.6 is 0 Å². The second-order valence-electron chi connectivity index (χ2n) is 6.67. The van der Waals surface area contributed by atoms with E-state index in [-0.39, 0.29) is 5.91 Å². The number of hydrogen-bond acceptors (Lipinski definition) is 7. The highest BCUT2D eigenvalue weighted by atomic mass is 16.5. The highest BCUT2D eigenvalue weighted by Crippen LogP contribution is 2.34. The fourth-order valence-electron chi connectivity index (χ4n) is 3.07. The zero-order valence-electron chi connectivity index (χ0n) is 16.2. The first kappa shape index (κ1) is 18.8. The van der Waals surface area contributed by atoms with Gasteiger partial charge in [0.05, 0.1) is 19.7 Å². The van der Waals surface area contributed by atoms with Crippen LogP contribution in [0.25, 0.3) is 10.9 Å². The van der Waals surface area contributed by atoms with Crippen LogP contribution in [0.4, 0.5) is 11.8 Å². The molecule has 0 aliphatic carbocycles. The summed E-state index contributed by atoms with van der Waals surface area (Å²) >= 11 is 0. The number of hydrogen-bond donors (Lipinski definition) is 1. The molecular formula is C19H25N5O3. The maximum atomic E-state index is 12.2. The van der Waals surface area contributed by atoms with Crippen LogP contribution in [0.5, 0.6) is 11.5 Å². The molecule has 8 heteroatoms. The molecule has 144 valence electrons. The number of nitrogens with two attached hydrogens (primary N) is 1. The number of amides is 1. The minimum absolute atomic E-state index is 0.0467. The number of nitrogen functional groups attached to an aromatic ring is 1. The van der Waals surface area contributed by atoms with Gasteiger partial charge in [0.1, 0.15) is 5.82 Å². The molecule has 1 amide bonds. The van der Waals surface area contributed by atoms with Gasteiger partial charge in [-0.25, -0.2) is 4.98 Å². The maximum Gasteiger partial charge on any atom is 0.246 e. The van der Waals surface area contributed by atoms with E-state index < -0.39 is 0 Å². The van der Waals surface area contributed by atoms with Crippen molar-refractivity contribution in [3.05, 3.63) is 23.8 Å². The quantitative estimate of drug-likeness (QED) is 0.820. The molecule has 0 spiro atoms. The number of ether oxygens (including phenoxy) is 2. The van der Waals surface area contributed by atoms with Crippen LogP contribution in [0.2, 0.25) is 0 Å². The Balaban J connectivity index is 1.84. The summed E-state index contributed by atoms with van der Waals surface area (Å²) in [5, 5.41) is 0.716. The van der Waals surface area contributed by atoms with Crippen molar-refractivity contribution in [2.45, 2.75) is 13.8 Å². The maximum absolute atomic E-state index is 12.2. The number of allylic oxidation sites excluding steroid dienone is 1. The van der Waals surface area contributed by atoms with Gasteiger partial charge in [-0.15, -0.1) is 0 Å². The van der Waals surface area contributed by atoms with Crippen LogP contribution in [-0.4, -0.2) is 61.2 Å². The van der Waals surface area contributed by atoms with E-state index in [1.807, 2.05) is 23.6 Å². The van der Waals surface area contributed by atoms with Gasteiger partial charge in [0.25, 0.3) is 0 Å². The summed E-state index contributed by atoms with van der Waals surface area (Å²) in [6.45, 7) is 6.39. The number of nitrogens with zero attached hydrogens (tertiary/aromatic N) is 4. The van der Waals surface area contributed by atoms with Crippen molar-refractivity contribution in [1.29, 1.82) is 0 Å². The molecule has 1 aromatic carbocycles. The van der Waals surface area contributed by atoms with Crippen molar-refractivity contribution in [2.75, 3.05) is 51.0 Å². The highest BCUT2D eigenvalue weighted by Gasteiger charge is 2.22. The first-order valence-corrected chi connectivity index (χ1v) is 8.81. The standard InChI is InChI=1S/C19H25N5O3/c1-12(2)9-17(25)23-5-7-24(8-6-23)19-21-14-11-16(27-4)15(26-3)10-13(14)18(20)22-19/h9-11H,5-8H2,1-4H3,(H2,20,21,22). The summed E-state index contributed by atoms with van der Waals surface area (Å²) in [6.07, 6.45) is 1.67. The van der Waals surface area contributed by atoms with E-state index in [0.29, 0.717) is 60.3 Å². The third-order valence-corrected chi connectivity index (χ3v) is 4.51. The van der Waals surface area contributed by atoms with Crippen molar-refractivity contribution < 1.29 is 14.3 Å². The van der Waals surface area contributed by atoms with Gasteiger partial charge in [0.2, 0.25) is 11.9 Å². The Hall–Kier alpha value is -3.03. The van der Waals surface area contributed by atoms with E-state index in [1.165, 1.54) is 0 Å². The Morgan fingerprint density at radius 1 is 1.07 bits per heavy atom. The summed E-state index contributed by atoms with van der Waals surface area (Å²) < 4.78 is 10.7. The van der Waals surface area contributed by atoms with Gasteiger partial charge in [-0.3, -0.25) is 4.79 Å². The predicted octanol–water partition coefficient (Wildman–Crippen LogP) is 1.84. The molecule has 1 aliphatic heterocycles. The highest BCUT2D eigenvalue weighted by molar-refractivity contribution is 5.92. The normalized spacial score (nSPS) is 14.2. The molecule has 1 saturated heterocycles. The Labute approximate surface area is 158 Å². The molecule has 1 aromatic heterocycles. The molecule has 0 atom stereocenters. The van der Waals surface area contributed by atoms with E-state index in [1.54, 1.807) is 32.4 Å². The van der Waals surface area contributed by atoms with Crippen molar-refractivity contribution in [3.8, 4) is 11.5 Å². The number of anilines is 2. The van der Waals surface area contributed by atoms with Crippen molar-refractivity contribution >= 4 is 28.6 Å². The topological polar surface area (TPSA) is 93.8 Å². The molecule has 2 aromatic rings. The van der Waals surface area contributed by atoms with Crippen LogP contribution < -0.4 is 20.1 Å². The van der Waals surface area contributed by atoms with Gasteiger partial charge in [-0.2, -0.15) is 4.98 Å². The van der Waals surface area contributed by atoms with Gasteiger partial charge in [-0.05, 0) is 19.9 Å². The predicted molar refractivity (Wildman–Crippen MR) is 105 cm³/mol. The lowest BCUT2D eigenvalue weighted by atomic mass is 10.2. The number of piperazine rings is 1. The molecular weight excluding hydrogens is 346 g/mol. The van der Waals surface area contributed by atoms with E-state index in [0.717, 1.165) is 5.57 Å². The zero-order chi connectivity index (χ0) is 19.6. The fraction of sp³-hybridized carbons (Fsp3) is 0.421. The third-order valence-electron chi connectivity index (χ3n) is 4.51. The molecule has 0 radical (unpaired) electrons. The molecule has 3 rings (SSSR count). The van der Waals surface area contributed by atoms with Crippen molar-refractivity contribution in [1.82, 2.24) is 14.9 Å². The van der Waals surface area contributed by atoms with E-state index in [9.17, 15) is 4.79 Å². The zero-order valence-corrected chi connectivity index (χ0v) is 16.2. The Kier molecular flexibility index (Phi) is 5.34. The number of carbonyl (C=O) groups is 1. The Bertz CT molecular complexity index is 885. The van der Waals surface area contributed by atoms with Gasteiger partial charge < -0.3 is 25.0 Å². The molecule has 1 aliphatic rings. The SMILES string of the molecule is COc1cc2nc(N3CCN(C(=O)C=C(C)C)CC3)nc(N)c2cc1OC. The lowest BCUT2D eigenvalue weighted by Crippen LogP contribution is -2.49. The summed E-state index contributed by atoms with van der Waals surface area (Å²) in [7, 11) is 3.16. The average molecular weight is 371 g/mol. The van der Waals surface area contributed by atoms with Crippen LogP contribution in [0.3, 0.4) is 0 Å². The second kappa shape index (κ2) is 7.69. The molecule has 2 N–H and O–H groups in total. The second-order valence-corrected chi connectivity index (χ2v) is 6.67. The summed E-state index contributed by atoms with van der Waals surface area (Å²) in [4.78, 5) is 25.1. The molecule has 0 saturated carbocycles. The van der Waals surface area contributed by atoms with Crippen molar-refractivity contribution in [3.63, 3.8) is 0 Å². The number of rotatable bonds is 4. The molecule has 0 bridgehead atoms. The van der Waals surface area contributed by atoms with Crippen molar-refractivity contribution in [2.24, 2.45) is 0 Å². The smallest absolute Gasteiger partial charge is 0.246 e. The number of methoxy groups -OCH3 is 2. The first-order valence-electron chi connectivity index (χ1n) is 8.81. The van der Waals surface area contributed by atoms with E-state index >= 15 is 0 Å². The van der Waals surface area contributed by atoms with Gasteiger partial charge in [-0.1, -0.05) is 5.57 Å². The molecule has 0 unspecified atom stereocenters. The van der Waals surface area contributed by atoms with Crippen LogP contribution in [0.15, 0.2) is 23.8 Å². The minimum Gasteiger partial charge on any atom is -0.493 e. The monoisotopic (exact) mass is 371 g/mol. The summed E-state index contributed by atoms with van der Waals surface area (Å²) in [5.74, 6) is 2.16. The van der Waals surface area contributed by atoms with Gasteiger partial charge in [0.15, 0.2) is 11.5 Å². The number of carbonyl (C=O) groups excluding carboxylic acids is 1. The average Bonchev–Trinajstić information content (AvgIpc) is 2.66. The Morgan fingerprint density at radius 2 is 1.70 bits per heavy atom. The minimum atomic E-state index is 0.0467. The van der Waals surface area contributed by atoms with E-state index in [4.69, 9.17) is 15.2 Å². The summed E-state index contributed by atoms with van der Waals surface area (Å²) in [6, 6.07) is 3.58. The molecule has 27 heavy (non-hydrogen) atoms. The lowest BCUT2D eigenvalue weighted by Gasteiger charge is -2.34. The van der Waals surface area contributed by atoms with E-state index in [2.05, 4.69) is 9.97 Å². The number of fused-ring (bicyclic) bond motifs is 1. The molecule has 8 nitrogen and oxygen atoms in total. The van der Waals surface area contributed by atoms with Gasteiger partial charge >= 0.3 is 0 Å². The van der Waals surface area contributed by atoms with Crippen LogP contribution in [0.1, 0.15) is 13.8 Å². The number of aromatic nitrogens is 2. The van der Waals surface area contributed by atoms with Gasteiger partial charge in [0, 0.05) is 43.7 Å². The van der Waals surface area contributed by atoms with Crippen LogP contribution in [0, 0.1) is 0 Å². The largest absolute Gasteiger partial charge is 0.493 e. The summed E-state index contributed by atoms with van der Waals surface area (Å²) in [5.41, 5.74) is 7.85.